The number of nitrogens with zero attached hydrogens (tertiary/aromatic N) is 5. The molecule has 0 amide bonds. The molecule has 1 atom stereocenters. The molecular formula is C23H22ClN5O. The highest BCUT2D eigenvalue weighted by Crippen LogP contribution is 2.37. The summed E-state index contributed by atoms with van der Waals surface area (Å²) in [5.41, 5.74) is 4.06. The van der Waals surface area contributed by atoms with Crippen LogP contribution in [-0.2, 0) is 6.54 Å². The van der Waals surface area contributed by atoms with E-state index in [1.54, 1.807) is 0 Å². The van der Waals surface area contributed by atoms with Gasteiger partial charge in [-0.3, -0.25) is 4.90 Å². The molecule has 1 aliphatic heterocycles. The molecule has 30 heavy (non-hydrogen) atoms. The van der Waals surface area contributed by atoms with Crippen LogP contribution in [0.5, 0.6) is 0 Å². The van der Waals surface area contributed by atoms with Gasteiger partial charge in [-0.1, -0.05) is 72.3 Å². The molecule has 5 rings (SSSR count). The van der Waals surface area contributed by atoms with Crippen molar-refractivity contribution in [2.24, 2.45) is 0 Å². The molecule has 3 heterocycles. The number of benzene rings is 2. The number of β-amino-alcohol motifs (C(OH)–C–C–N with tert-alkyl or cyclic N) is 1. The van der Waals surface area contributed by atoms with Crippen LogP contribution in [0.1, 0.15) is 6.42 Å². The summed E-state index contributed by atoms with van der Waals surface area (Å²) in [4.78, 5) is 2.24. The van der Waals surface area contributed by atoms with Crippen molar-refractivity contribution in [3.8, 4) is 22.5 Å². The third-order valence-corrected chi connectivity index (χ3v) is 5.94. The molecule has 1 fully saturated rings. The van der Waals surface area contributed by atoms with Crippen molar-refractivity contribution >= 4 is 22.6 Å². The second-order valence-corrected chi connectivity index (χ2v) is 7.99. The zero-order valence-electron chi connectivity index (χ0n) is 16.4. The van der Waals surface area contributed by atoms with Crippen molar-refractivity contribution in [2.45, 2.75) is 19.1 Å². The zero-order valence-corrected chi connectivity index (χ0v) is 17.2. The number of aromatic nitrogens is 4. The number of halogens is 1. The van der Waals surface area contributed by atoms with E-state index in [4.69, 9.17) is 16.7 Å². The van der Waals surface area contributed by atoms with Gasteiger partial charge in [0.05, 0.1) is 23.1 Å². The summed E-state index contributed by atoms with van der Waals surface area (Å²) in [5.74, 6) is 0. The van der Waals surface area contributed by atoms with E-state index in [2.05, 4.69) is 15.1 Å². The van der Waals surface area contributed by atoms with Gasteiger partial charge in [0, 0.05) is 30.8 Å². The topological polar surface area (TPSA) is 67.1 Å². The number of hydrogen-bond acceptors (Lipinski definition) is 5. The molecule has 1 N–H and O–H groups in total. The van der Waals surface area contributed by atoms with E-state index in [-0.39, 0.29) is 6.10 Å². The summed E-state index contributed by atoms with van der Waals surface area (Å²) >= 11 is 6.89. The number of rotatable bonds is 5. The maximum Gasteiger partial charge on any atom is 0.182 e. The lowest BCUT2D eigenvalue weighted by Gasteiger charge is -2.14. The standard InChI is InChI=1S/C23H22ClN5O/c24-20-19-21(16-7-3-1-4-8-16)27-29(14-13-28-12-11-18(30)15-28)23(19)26-25-22(20)17-9-5-2-6-10-17/h1-10,18,30H,11-15H2/t18-/m1/s1. The first kappa shape index (κ1) is 19.2. The van der Waals surface area contributed by atoms with Crippen molar-refractivity contribution < 1.29 is 5.11 Å². The first-order chi connectivity index (χ1) is 14.7. The summed E-state index contributed by atoms with van der Waals surface area (Å²) in [5, 5.41) is 25.0. The van der Waals surface area contributed by atoms with Gasteiger partial charge in [0.1, 0.15) is 11.4 Å². The molecule has 0 saturated carbocycles. The molecule has 6 nitrogen and oxygen atoms in total. The SMILES string of the molecule is O[C@@H]1CCN(CCn2nc(-c3ccccc3)c3c(Cl)c(-c4ccccc4)nnc32)C1. The minimum absolute atomic E-state index is 0.234. The van der Waals surface area contributed by atoms with Gasteiger partial charge >= 0.3 is 0 Å². The van der Waals surface area contributed by atoms with Crippen LogP contribution in [-0.4, -0.2) is 55.7 Å². The number of aliphatic hydroxyl groups is 1. The summed E-state index contributed by atoms with van der Waals surface area (Å²) in [6.07, 6.45) is 0.586. The Kier molecular flexibility index (Phi) is 5.21. The zero-order chi connectivity index (χ0) is 20.5. The van der Waals surface area contributed by atoms with Gasteiger partial charge in [0.15, 0.2) is 5.65 Å². The first-order valence-electron chi connectivity index (χ1n) is 10.1. The minimum Gasteiger partial charge on any atom is -0.392 e. The summed E-state index contributed by atoms with van der Waals surface area (Å²) in [7, 11) is 0. The van der Waals surface area contributed by atoms with E-state index < -0.39 is 0 Å². The maximum atomic E-state index is 9.79. The molecule has 0 radical (unpaired) electrons. The third kappa shape index (κ3) is 3.58. The van der Waals surface area contributed by atoms with Gasteiger partial charge in [-0.2, -0.15) is 5.10 Å². The number of aliphatic hydroxyl groups excluding tert-OH is 1. The van der Waals surface area contributed by atoms with Crippen molar-refractivity contribution in [1.82, 2.24) is 24.9 Å². The lowest BCUT2D eigenvalue weighted by Crippen LogP contribution is -2.26. The fourth-order valence-electron chi connectivity index (χ4n) is 4.00. The Morgan fingerprint density at radius 1 is 0.900 bits per heavy atom. The molecular weight excluding hydrogens is 398 g/mol. The monoisotopic (exact) mass is 419 g/mol. The second kappa shape index (κ2) is 8.14. The summed E-state index contributed by atoms with van der Waals surface area (Å²) < 4.78 is 1.88. The van der Waals surface area contributed by atoms with E-state index in [9.17, 15) is 5.11 Å². The Morgan fingerprint density at radius 3 is 2.20 bits per heavy atom. The average Bonchev–Trinajstić information content (AvgIpc) is 3.37. The van der Waals surface area contributed by atoms with Crippen LogP contribution in [0.2, 0.25) is 5.02 Å². The van der Waals surface area contributed by atoms with E-state index in [1.807, 2.05) is 65.3 Å². The normalized spacial score (nSPS) is 17.1. The van der Waals surface area contributed by atoms with Crippen LogP contribution in [0.25, 0.3) is 33.5 Å². The van der Waals surface area contributed by atoms with Crippen LogP contribution in [0.3, 0.4) is 0 Å². The van der Waals surface area contributed by atoms with Gasteiger partial charge in [-0.25, -0.2) is 4.68 Å². The highest BCUT2D eigenvalue weighted by molar-refractivity contribution is 6.38. The summed E-state index contributed by atoms with van der Waals surface area (Å²) in [6.45, 7) is 3.05. The Morgan fingerprint density at radius 2 is 1.57 bits per heavy atom. The molecule has 7 heteroatoms. The Hall–Kier alpha value is -2.80. The number of hydrogen-bond donors (Lipinski definition) is 1. The molecule has 0 unspecified atom stereocenters. The fraction of sp³-hybridized carbons (Fsp3) is 0.261. The van der Waals surface area contributed by atoms with Gasteiger partial charge in [-0.15, -0.1) is 10.2 Å². The predicted molar refractivity (Wildman–Crippen MR) is 118 cm³/mol. The molecule has 2 aromatic heterocycles. The second-order valence-electron chi connectivity index (χ2n) is 7.61. The first-order valence-corrected chi connectivity index (χ1v) is 10.5. The minimum atomic E-state index is -0.234. The molecule has 2 aromatic carbocycles. The quantitative estimate of drug-likeness (QED) is 0.531. The lowest BCUT2D eigenvalue weighted by molar-refractivity contribution is 0.175. The van der Waals surface area contributed by atoms with Crippen LogP contribution in [0.4, 0.5) is 0 Å². The average molecular weight is 420 g/mol. The van der Waals surface area contributed by atoms with E-state index in [0.717, 1.165) is 41.7 Å². The Balaban J connectivity index is 1.60. The molecule has 152 valence electrons. The smallest absolute Gasteiger partial charge is 0.182 e. The van der Waals surface area contributed by atoms with Gasteiger partial charge in [0.25, 0.3) is 0 Å². The van der Waals surface area contributed by atoms with Crippen molar-refractivity contribution in [1.29, 1.82) is 0 Å². The van der Waals surface area contributed by atoms with E-state index >= 15 is 0 Å². The molecule has 1 aliphatic rings. The summed E-state index contributed by atoms with van der Waals surface area (Å²) in [6, 6.07) is 19.9. The highest BCUT2D eigenvalue weighted by atomic mass is 35.5. The number of fused-ring (bicyclic) bond motifs is 1. The fourth-order valence-corrected chi connectivity index (χ4v) is 4.32. The molecule has 0 spiro atoms. The Bertz CT molecular complexity index is 1160. The largest absolute Gasteiger partial charge is 0.392 e. The lowest BCUT2D eigenvalue weighted by atomic mass is 10.1. The molecule has 4 aromatic rings. The van der Waals surface area contributed by atoms with E-state index in [0.29, 0.717) is 29.5 Å². The van der Waals surface area contributed by atoms with Gasteiger partial charge < -0.3 is 5.11 Å². The van der Waals surface area contributed by atoms with E-state index in [1.165, 1.54) is 0 Å². The molecule has 1 saturated heterocycles. The van der Waals surface area contributed by atoms with Crippen LogP contribution >= 0.6 is 11.6 Å². The predicted octanol–water partition coefficient (Wildman–Crippen LogP) is 3.88. The van der Waals surface area contributed by atoms with Gasteiger partial charge in [0.2, 0.25) is 0 Å². The van der Waals surface area contributed by atoms with Gasteiger partial charge in [-0.05, 0) is 6.42 Å². The van der Waals surface area contributed by atoms with Crippen LogP contribution in [0, 0.1) is 0 Å². The van der Waals surface area contributed by atoms with Crippen molar-refractivity contribution in [3.05, 3.63) is 65.7 Å². The maximum absolute atomic E-state index is 9.79. The van der Waals surface area contributed by atoms with Crippen LogP contribution < -0.4 is 0 Å². The molecule has 0 bridgehead atoms. The highest BCUT2D eigenvalue weighted by Gasteiger charge is 2.23. The number of likely N-dealkylation sites (tertiary alicyclic amines) is 1. The Labute approximate surface area is 179 Å². The third-order valence-electron chi connectivity index (χ3n) is 5.57. The van der Waals surface area contributed by atoms with Crippen molar-refractivity contribution in [2.75, 3.05) is 19.6 Å². The molecule has 0 aliphatic carbocycles. The van der Waals surface area contributed by atoms with Crippen molar-refractivity contribution in [3.63, 3.8) is 0 Å². The van der Waals surface area contributed by atoms with Crippen LogP contribution in [0.15, 0.2) is 60.7 Å².